The van der Waals surface area contributed by atoms with Crippen LogP contribution < -0.4 is 5.32 Å². The molecule has 7 heteroatoms. The highest BCUT2D eigenvalue weighted by Crippen LogP contribution is 2.38. The van der Waals surface area contributed by atoms with Crippen molar-refractivity contribution in [1.29, 1.82) is 0 Å². The number of hydrogen-bond donors (Lipinski definition) is 1. The summed E-state index contributed by atoms with van der Waals surface area (Å²) in [4.78, 5) is 1.27. The molecular weight excluding hydrogens is 352 g/mol. The fraction of sp³-hybridized carbons (Fsp3) is 0.500. The second-order valence-corrected chi connectivity index (χ2v) is 9.62. The van der Waals surface area contributed by atoms with Gasteiger partial charge in [0.05, 0.1) is 0 Å². The summed E-state index contributed by atoms with van der Waals surface area (Å²) in [5, 5.41) is 4.47. The lowest BCUT2D eigenvalue weighted by Crippen LogP contribution is -2.42. The molecule has 2 aromatic rings. The number of aryl methyl sites for hydroxylation is 1. The molecule has 1 aliphatic rings. The fourth-order valence-corrected chi connectivity index (χ4v) is 6.78. The molecule has 0 spiro atoms. The monoisotopic (exact) mass is 372 g/mol. The van der Waals surface area contributed by atoms with Crippen LogP contribution in [0, 0.1) is 12.8 Å². The zero-order valence-electron chi connectivity index (χ0n) is 13.3. The third kappa shape index (κ3) is 3.28. The van der Waals surface area contributed by atoms with E-state index in [0.717, 1.165) is 34.3 Å². The smallest absolute Gasteiger partial charge is 0.244 e. The van der Waals surface area contributed by atoms with Crippen LogP contribution in [-0.2, 0) is 10.0 Å². The Balaban J connectivity index is 2.02. The van der Waals surface area contributed by atoms with Crippen molar-refractivity contribution in [2.75, 3.05) is 26.7 Å². The Morgan fingerprint density at radius 3 is 2.96 bits per heavy atom. The van der Waals surface area contributed by atoms with Crippen LogP contribution in [0.5, 0.6) is 0 Å². The SMILES string of the molecule is CNCC1CCCN(S(=O)(=O)c2c(C)sc3ccc(Cl)cc23)C1. The van der Waals surface area contributed by atoms with Crippen LogP contribution in [0.25, 0.3) is 10.1 Å². The third-order valence-electron chi connectivity index (χ3n) is 4.34. The van der Waals surface area contributed by atoms with Gasteiger partial charge >= 0.3 is 0 Å². The number of sulfonamides is 1. The zero-order valence-corrected chi connectivity index (χ0v) is 15.7. The van der Waals surface area contributed by atoms with E-state index in [0.29, 0.717) is 28.9 Å². The highest BCUT2D eigenvalue weighted by molar-refractivity contribution is 7.89. The van der Waals surface area contributed by atoms with Gasteiger partial charge in [-0.1, -0.05) is 11.6 Å². The fourth-order valence-electron chi connectivity index (χ4n) is 3.32. The quantitative estimate of drug-likeness (QED) is 0.893. The van der Waals surface area contributed by atoms with Crippen molar-refractivity contribution in [1.82, 2.24) is 9.62 Å². The number of halogens is 1. The number of nitrogens with one attached hydrogen (secondary N) is 1. The Morgan fingerprint density at radius 1 is 1.43 bits per heavy atom. The number of thiophene rings is 1. The molecule has 1 aromatic heterocycles. The molecule has 126 valence electrons. The molecule has 1 atom stereocenters. The molecule has 0 saturated carbocycles. The van der Waals surface area contributed by atoms with E-state index in [1.807, 2.05) is 20.0 Å². The lowest BCUT2D eigenvalue weighted by Gasteiger charge is -2.32. The maximum absolute atomic E-state index is 13.2. The average molecular weight is 373 g/mol. The van der Waals surface area contributed by atoms with Gasteiger partial charge in [-0.15, -0.1) is 11.3 Å². The molecule has 0 aliphatic carbocycles. The first-order valence-electron chi connectivity index (χ1n) is 7.77. The summed E-state index contributed by atoms with van der Waals surface area (Å²) in [5.41, 5.74) is 0. The van der Waals surface area contributed by atoms with E-state index in [1.54, 1.807) is 16.4 Å². The maximum Gasteiger partial charge on any atom is 0.244 e. The molecule has 1 fully saturated rings. The highest BCUT2D eigenvalue weighted by atomic mass is 35.5. The van der Waals surface area contributed by atoms with Crippen molar-refractivity contribution in [2.45, 2.75) is 24.7 Å². The third-order valence-corrected chi connectivity index (χ3v) is 7.85. The molecule has 0 radical (unpaired) electrons. The van der Waals surface area contributed by atoms with Gasteiger partial charge < -0.3 is 5.32 Å². The summed E-state index contributed by atoms with van der Waals surface area (Å²) < 4.78 is 29.0. The van der Waals surface area contributed by atoms with Gasteiger partial charge in [0.15, 0.2) is 0 Å². The molecule has 3 rings (SSSR count). The van der Waals surface area contributed by atoms with Gasteiger partial charge in [0, 0.05) is 33.1 Å². The lowest BCUT2D eigenvalue weighted by atomic mass is 10.00. The number of rotatable bonds is 4. The zero-order chi connectivity index (χ0) is 16.6. The first kappa shape index (κ1) is 17.2. The molecule has 1 unspecified atom stereocenters. The molecule has 23 heavy (non-hydrogen) atoms. The van der Waals surface area contributed by atoms with Crippen molar-refractivity contribution in [3.05, 3.63) is 28.1 Å². The molecule has 1 aromatic carbocycles. The minimum absolute atomic E-state index is 0.373. The average Bonchev–Trinajstić information content (AvgIpc) is 2.83. The number of benzene rings is 1. The minimum Gasteiger partial charge on any atom is -0.319 e. The van der Waals surface area contributed by atoms with Crippen LogP contribution in [-0.4, -0.2) is 39.4 Å². The summed E-state index contributed by atoms with van der Waals surface area (Å²) in [7, 11) is -1.58. The van der Waals surface area contributed by atoms with Gasteiger partial charge in [-0.2, -0.15) is 4.31 Å². The summed E-state index contributed by atoms with van der Waals surface area (Å²) >= 11 is 7.60. The minimum atomic E-state index is -3.49. The Labute approximate surface area is 146 Å². The first-order chi connectivity index (χ1) is 10.9. The largest absolute Gasteiger partial charge is 0.319 e. The van der Waals surface area contributed by atoms with E-state index in [4.69, 9.17) is 11.6 Å². The summed E-state index contributed by atoms with van der Waals surface area (Å²) in [6, 6.07) is 5.47. The van der Waals surface area contributed by atoms with E-state index < -0.39 is 10.0 Å². The topological polar surface area (TPSA) is 49.4 Å². The van der Waals surface area contributed by atoms with Gasteiger partial charge in [-0.3, -0.25) is 0 Å². The number of hydrogen-bond acceptors (Lipinski definition) is 4. The van der Waals surface area contributed by atoms with Crippen molar-refractivity contribution in [3.8, 4) is 0 Å². The van der Waals surface area contributed by atoms with Gasteiger partial charge in [-0.25, -0.2) is 8.42 Å². The second kappa shape index (κ2) is 6.69. The van der Waals surface area contributed by atoms with Crippen LogP contribution in [0.15, 0.2) is 23.1 Å². The van der Waals surface area contributed by atoms with E-state index >= 15 is 0 Å². The van der Waals surface area contributed by atoms with Crippen LogP contribution in [0.4, 0.5) is 0 Å². The Morgan fingerprint density at radius 2 is 2.22 bits per heavy atom. The Kier molecular flexibility index (Phi) is 4.99. The van der Waals surface area contributed by atoms with Gasteiger partial charge in [0.2, 0.25) is 10.0 Å². The number of nitrogens with zero attached hydrogens (tertiary/aromatic N) is 1. The van der Waals surface area contributed by atoms with Crippen LogP contribution in [0.1, 0.15) is 17.7 Å². The van der Waals surface area contributed by atoms with E-state index in [-0.39, 0.29) is 0 Å². The number of piperidine rings is 1. The molecule has 4 nitrogen and oxygen atoms in total. The maximum atomic E-state index is 13.2. The molecule has 1 saturated heterocycles. The molecular formula is C16H21ClN2O2S2. The van der Waals surface area contributed by atoms with E-state index in [2.05, 4.69) is 5.32 Å². The van der Waals surface area contributed by atoms with Crippen LogP contribution in [0.2, 0.25) is 5.02 Å². The van der Waals surface area contributed by atoms with Crippen molar-refractivity contribution >= 4 is 43.0 Å². The Bertz CT molecular complexity index is 815. The standard InChI is InChI=1S/C16H21ClN2O2S2/c1-11-16(14-8-13(17)5-6-15(14)22-11)23(20,21)19-7-3-4-12(10-19)9-18-2/h5-6,8,12,18H,3-4,7,9-10H2,1-2H3. The van der Waals surface area contributed by atoms with Gasteiger partial charge in [0.25, 0.3) is 0 Å². The highest BCUT2D eigenvalue weighted by Gasteiger charge is 2.33. The summed E-state index contributed by atoms with van der Waals surface area (Å²) in [6.45, 7) is 3.90. The Hall–Kier alpha value is -0.660. The lowest BCUT2D eigenvalue weighted by molar-refractivity contribution is 0.263. The molecule has 0 bridgehead atoms. The van der Waals surface area contributed by atoms with Crippen molar-refractivity contribution in [3.63, 3.8) is 0 Å². The van der Waals surface area contributed by atoms with Gasteiger partial charge in [0.1, 0.15) is 4.90 Å². The predicted molar refractivity (Wildman–Crippen MR) is 97.0 cm³/mol. The number of fused-ring (bicyclic) bond motifs is 1. The second-order valence-electron chi connectivity index (χ2n) is 6.06. The van der Waals surface area contributed by atoms with Crippen LogP contribution >= 0.6 is 22.9 Å². The summed E-state index contributed by atoms with van der Waals surface area (Å²) in [5.74, 6) is 0.373. The van der Waals surface area contributed by atoms with Gasteiger partial charge in [-0.05, 0) is 57.5 Å². The normalized spacial score (nSPS) is 20.2. The van der Waals surface area contributed by atoms with E-state index in [9.17, 15) is 8.42 Å². The van der Waals surface area contributed by atoms with Crippen LogP contribution in [0.3, 0.4) is 0 Å². The molecule has 1 N–H and O–H groups in total. The summed E-state index contributed by atoms with van der Waals surface area (Å²) in [6.07, 6.45) is 1.98. The molecule has 0 amide bonds. The van der Waals surface area contributed by atoms with Crippen molar-refractivity contribution < 1.29 is 8.42 Å². The molecule has 2 heterocycles. The van der Waals surface area contributed by atoms with Crippen molar-refractivity contribution in [2.24, 2.45) is 5.92 Å². The van der Waals surface area contributed by atoms with E-state index in [1.165, 1.54) is 11.3 Å². The predicted octanol–water partition coefficient (Wildman–Crippen LogP) is 3.48. The first-order valence-corrected chi connectivity index (χ1v) is 10.4. The molecule has 1 aliphatic heterocycles.